The van der Waals surface area contributed by atoms with Crippen molar-refractivity contribution in [2.24, 2.45) is 7.05 Å². The fraction of sp³-hybridized carbons (Fsp3) is 0.292. The molecule has 14 heteroatoms. The molecule has 0 aliphatic carbocycles. The van der Waals surface area contributed by atoms with Crippen molar-refractivity contribution in [2.75, 3.05) is 13.7 Å². The molecule has 2 aromatic carbocycles. The number of hydrogen-bond donors (Lipinski definition) is 1. The van der Waals surface area contributed by atoms with E-state index in [4.69, 9.17) is 21.1 Å². The second-order valence-corrected chi connectivity index (χ2v) is 8.71. The van der Waals surface area contributed by atoms with Crippen LogP contribution < -0.4 is 20.7 Å². The van der Waals surface area contributed by atoms with E-state index in [2.05, 4.69) is 9.72 Å². The number of alkyl halides is 3. The smallest absolute Gasteiger partial charge is 0.425 e. The molecule has 2 heterocycles. The molecule has 0 amide bonds. The number of fused-ring (bicyclic) bond motifs is 1. The van der Waals surface area contributed by atoms with Gasteiger partial charge in [-0.1, -0.05) is 29.8 Å². The number of hydrogen-bond acceptors (Lipinski definition) is 7. The van der Waals surface area contributed by atoms with Crippen molar-refractivity contribution in [3.8, 4) is 17.5 Å². The van der Waals surface area contributed by atoms with Crippen molar-refractivity contribution in [2.45, 2.75) is 25.6 Å². The van der Waals surface area contributed by atoms with Gasteiger partial charge in [-0.3, -0.25) is 18.5 Å². The summed E-state index contributed by atoms with van der Waals surface area (Å²) >= 11 is 5.99. The highest BCUT2D eigenvalue weighted by molar-refractivity contribution is 6.30. The summed E-state index contributed by atoms with van der Waals surface area (Å²) in [4.78, 5) is 30.8. The number of aliphatic hydroxyl groups excluding tert-OH is 1. The highest BCUT2D eigenvalue weighted by Gasteiger charge is 2.31. The molecule has 0 radical (unpaired) electrons. The lowest BCUT2D eigenvalue weighted by molar-refractivity contribution is -0.274. The fourth-order valence-corrected chi connectivity index (χ4v) is 3.93. The van der Waals surface area contributed by atoms with Gasteiger partial charge < -0.3 is 19.3 Å². The summed E-state index contributed by atoms with van der Waals surface area (Å²) in [7, 11) is 2.76. The third kappa shape index (κ3) is 6.01. The topological polar surface area (TPSA) is 110 Å². The van der Waals surface area contributed by atoms with Crippen molar-refractivity contribution in [1.82, 2.24) is 18.7 Å². The zero-order valence-electron chi connectivity index (χ0n) is 20.1. The highest BCUT2D eigenvalue weighted by atomic mass is 35.5. The number of aryl methyl sites for hydroxylation is 1. The Hall–Kier alpha value is -3.81. The molecule has 38 heavy (non-hydrogen) atoms. The van der Waals surface area contributed by atoms with Crippen LogP contribution in [-0.4, -0.2) is 50.0 Å². The van der Waals surface area contributed by atoms with Gasteiger partial charge in [-0.05, 0) is 29.8 Å². The number of ether oxygens (including phenoxy) is 3. The zero-order valence-corrected chi connectivity index (χ0v) is 20.9. The Bertz CT molecular complexity index is 1560. The summed E-state index contributed by atoms with van der Waals surface area (Å²) in [5.41, 5.74) is -0.843. The van der Waals surface area contributed by atoms with Gasteiger partial charge in [-0.25, -0.2) is 4.79 Å². The summed E-state index contributed by atoms with van der Waals surface area (Å²) in [6.45, 7) is -0.410. The maximum Gasteiger partial charge on any atom is 0.573 e. The van der Waals surface area contributed by atoms with Gasteiger partial charge in [-0.15, -0.1) is 13.2 Å². The zero-order chi connectivity index (χ0) is 27.6. The van der Waals surface area contributed by atoms with Crippen molar-refractivity contribution < 1.29 is 32.5 Å². The molecule has 4 aromatic rings. The molecule has 2 aromatic heterocycles. The van der Waals surface area contributed by atoms with E-state index in [0.29, 0.717) is 10.6 Å². The Morgan fingerprint density at radius 1 is 1.08 bits per heavy atom. The Balaban J connectivity index is 1.87. The minimum atomic E-state index is -4.91. The Labute approximate surface area is 218 Å². The minimum Gasteiger partial charge on any atom is -0.425 e. The maximum atomic E-state index is 13.5. The number of aliphatic hydroxyl groups is 1. The highest BCUT2D eigenvalue weighted by Crippen LogP contribution is 2.30. The molecule has 0 saturated heterocycles. The number of halogens is 4. The van der Waals surface area contributed by atoms with E-state index in [0.717, 1.165) is 21.3 Å². The van der Waals surface area contributed by atoms with Crippen molar-refractivity contribution >= 4 is 22.8 Å². The van der Waals surface area contributed by atoms with Gasteiger partial charge in [-0.2, -0.15) is 4.98 Å². The van der Waals surface area contributed by atoms with Crippen LogP contribution in [0.15, 0.2) is 58.1 Å². The molecular formula is C24H22ClF3N4O6. The van der Waals surface area contributed by atoms with Gasteiger partial charge in [0.25, 0.3) is 5.56 Å². The van der Waals surface area contributed by atoms with Crippen LogP contribution in [0.5, 0.6) is 17.5 Å². The van der Waals surface area contributed by atoms with Crippen LogP contribution in [0.1, 0.15) is 5.56 Å². The van der Waals surface area contributed by atoms with Gasteiger partial charge >= 0.3 is 18.1 Å². The monoisotopic (exact) mass is 554 g/mol. The molecule has 0 aliphatic rings. The second kappa shape index (κ2) is 10.9. The molecular weight excluding hydrogens is 533 g/mol. The van der Waals surface area contributed by atoms with Crippen LogP contribution in [0.4, 0.5) is 13.2 Å². The summed E-state index contributed by atoms with van der Waals surface area (Å²) < 4.78 is 56.1. The molecule has 0 spiro atoms. The van der Waals surface area contributed by atoms with Gasteiger partial charge in [0, 0.05) is 25.2 Å². The van der Waals surface area contributed by atoms with Gasteiger partial charge in [0.05, 0.1) is 25.8 Å². The Kier molecular flexibility index (Phi) is 7.81. The summed E-state index contributed by atoms with van der Waals surface area (Å²) in [5, 5.41) is 10.7. The number of nitrogens with zero attached hydrogens (tertiary/aromatic N) is 4. The predicted molar refractivity (Wildman–Crippen MR) is 131 cm³/mol. The second-order valence-electron chi connectivity index (χ2n) is 8.27. The minimum absolute atomic E-state index is 0.0237. The standard InChI is InChI=1S/C24H22ClF3N4O6/c1-30-20-19(21(34)32(23(30)35)12-16(33)13-36-2)31(11-14-6-8-15(25)9-7-14)22(29-20)37-17-4-3-5-18(10-17)38-24(26,27)28/h3-10,16,33H,11-13H2,1-2H3. The molecule has 10 nitrogen and oxygen atoms in total. The first-order chi connectivity index (χ1) is 18.0. The number of imidazole rings is 1. The van der Waals surface area contributed by atoms with E-state index in [1.54, 1.807) is 24.3 Å². The van der Waals surface area contributed by atoms with Crippen LogP contribution in [0.2, 0.25) is 5.02 Å². The van der Waals surface area contributed by atoms with Gasteiger partial charge in [0.2, 0.25) is 0 Å². The molecule has 1 N–H and O–H groups in total. The molecule has 1 atom stereocenters. The molecule has 4 rings (SSSR count). The van der Waals surface area contributed by atoms with E-state index < -0.39 is 29.5 Å². The maximum absolute atomic E-state index is 13.5. The van der Waals surface area contributed by atoms with Crippen LogP contribution >= 0.6 is 11.6 Å². The van der Waals surface area contributed by atoms with E-state index in [-0.39, 0.29) is 42.6 Å². The van der Waals surface area contributed by atoms with Gasteiger partial charge in [0.1, 0.15) is 11.5 Å². The molecule has 0 fully saturated rings. The first-order valence-electron chi connectivity index (χ1n) is 11.1. The lowest BCUT2D eigenvalue weighted by atomic mass is 10.2. The molecule has 0 aliphatic heterocycles. The molecule has 1 unspecified atom stereocenters. The SMILES string of the molecule is COCC(O)Cn1c(=O)c2c(nc(Oc3cccc(OC(F)(F)F)c3)n2Cc2ccc(Cl)cc2)n(C)c1=O. The number of aromatic nitrogens is 4. The quantitative estimate of drug-likeness (QED) is 0.338. The molecule has 0 saturated carbocycles. The summed E-state index contributed by atoms with van der Waals surface area (Å²) in [6.07, 6.45) is -6.04. The predicted octanol–water partition coefficient (Wildman–Crippen LogP) is 3.30. The number of methoxy groups -OCH3 is 1. The summed E-state index contributed by atoms with van der Waals surface area (Å²) in [6, 6.07) is 11.3. The van der Waals surface area contributed by atoms with E-state index >= 15 is 0 Å². The molecule has 202 valence electrons. The van der Waals surface area contributed by atoms with Crippen LogP contribution in [0.25, 0.3) is 11.2 Å². The average Bonchev–Trinajstić information content (AvgIpc) is 3.19. The lowest BCUT2D eigenvalue weighted by Gasteiger charge is -2.14. The van der Waals surface area contributed by atoms with E-state index in [1.807, 2.05) is 0 Å². The third-order valence-electron chi connectivity index (χ3n) is 5.45. The average molecular weight is 555 g/mol. The first kappa shape index (κ1) is 27.2. The fourth-order valence-electron chi connectivity index (χ4n) is 3.81. The Morgan fingerprint density at radius 3 is 2.42 bits per heavy atom. The third-order valence-corrected chi connectivity index (χ3v) is 5.70. The summed E-state index contributed by atoms with van der Waals surface area (Å²) in [5.74, 6) is -0.572. The van der Waals surface area contributed by atoms with E-state index in [1.165, 1.54) is 30.9 Å². The normalized spacial score (nSPS) is 12.6. The Morgan fingerprint density at radius 2 is 1.76 bits per heavy atom. The molecule has 0 bridgehead atoms. The largest absolute Gasteiger partial charge is 0.573 e. The van der Waals surface area contributed by atoms with Crippen LogP contribution in [-0.2, 0) is 24.9 Å². The number of rotatable bonds is 9. The van der Waals surface area contributed by atoms with Crippen LogP contribution in [0, 0.1) is 0 Å². The van der Waals surface area contributed by atoms with Crippen LogP contribution in [0.3, 0.4) is 0 Å². The number of benzene rings is 2. The van der Waals surface area contributed by atoms with E-state index in [9.17, 15) is 27.9 Å². The van der Waals surface area contributed by atoms with Crippen molar-refractivity contribution in [1.29, 1.82) is 0 Å². The van der Waals surface area contributed by atoms with Crippen molar-refractivity contribution in [3.63, 3.8) is 0 Å². The lowest BCUT2D eigenvalue weighted by Crippen LogP contribution is -2.43. The first-order valence-corrected chi connectivity index (χ1v) is 11.5. The van der Waals surface area contributed by atoms with Crippen molar-refractivity contribution in [3.05, 3.63) is 80.0 Å². The van der Waals surface area contributed by atoms with Gasteiger partial charge in [0.15, 0.2) is 11.2 Å².